The van der Waals surface area contributed by atoms with Crippen LogP contribution in [0.2, 0.25) is 0 Å². The number of carbonyl (C=O) groups excluding carboxylic acids is 1. The Hall–Kier alpha value is -3.00. The molecule has 0 aliphatic carbocycles. The highest BCUT2D eigenvalue weighted by atomic mass is 16.1. The lowest BCUT2D eigenvalue weighted by atomic mass is 9.98. The molecular formula is C21H27N7O. The molecule has 29 heavy (non-hydrogen) atoms. The summed E-state index contributed by atoms with van der Waals surface area (Å²) in [5.41, 5.74) is 3.82. The molecule has 8 heteroatoms. The van der Waals surface area contributed by atoms with Crippen LogP contribution < -0.4 is 10.6 Å². The summed E-state index contributed by atoms with van der Waals surface area (Å²) in [6.07, 6.45) is 2.04. The monoisotopic (exact) mass is 393 g/mol. The van der Waals surface area contributed by atoms with Gasteiger partial charge in [-0.2, -0.15) is 15.2 Å². The summed E-state index contributed by atoms with van der Waals surface area (Å²) < 4.78 is 3.61. The van der Waals surface area contributed by atoms with Gasteiger partial charge in [-0.05, 0) is 63.5 Å². The van der Waals surface area contributed by atoms with Gasteiger partial charge in [-0.25, -0.2) is 4.68 Å². The number of carbonyl (C=O) groups is 1. The smallest absolute Gasteiger partial charge is 0.258 e. The minimum atomic E-state index is -0.185. The van der Waals surface area contributed by atoms with E-state index < -0.39 is 0 Å². The molecule has 0 spiro atoms. The van der Waals surface area contributed by atoms with Crippen LogP contribution in [0.3, 0.4) is 0 Å². The standard InChI is InChI=1S/C21H27N7O/c1-14-12-15(2)28(25-14)13-16-4-6-18(7-5-16)20(29)24-21-23-19(26-27(21)3)17-8-10-22-11-9-17/h4-7,12,17,22H,8-11,13H2,1-3H3,(H,23,24,26,29). The van der Waals surface area contributed by atoms with Crippen LogP contribution in [0.4, 0.5) is 5.95 Å². The third-order valence-electron chi connectivity index (χ3n) is 5.36. The van der Waals surface area contributed by atoms with Gasteiger partial charge in [-0.3, -0.25) is 14.8 Å². The number of nitrogens with zero attached hydrogens (tertiary/aromatic N) is 5. The summed E-state index contributed by atoms with van der Waals surface area (Å²) in [5, 5.41) is 15.2. The molecule has 0 saturated carbocycles. The number of nitrogens with one attached hydrogen (secondary N) is 2. The fraction of sp³-hybridized carbons (Fsp3) is 0.429. The minimum Gasteiger partial charge on any atom is -0.317 e. The topological polar surface area (TPSA) is 89.7 Å². The third kappa shape index (κ3) is 4.37. The first-order valence-electron chi connectivity index (χ1n) is 10.0. The van der Waals surface area contributed by atoms with Crippen molar-refractivity contribution in [3.05, 3.63) is 58.7 Å². The van der Waals surface area contributed by atoms with Crippen molar-refractivity contribution >= 4 is 11.9 Å². The summed E-state index contributed by atoms with van der Waals surface area (Å²) in [5.74, 6) is 1.46. The van der Waals surface area contributed by atoms with Crippen molar-refractivity contribution in [2.45, 2.75) is 39.2 Å². The Morgan fingerprint density at radius 3 is 2.55 bits per heavy atom. The highest BCUT2D eigenvalue weighted by Crippen LogP contribution is 2.23. The molecule has 0 radical (unpaired) electrons. The van der Waals surface area contributed by atoms with Gasteiger partial charge in [0.05, 0.1) is 12.2 Å². The zero-order valence-corrected chi connectivity index (χ0v) is 17.1. The highest BCUT2D eigenvalue weighted by molar-refractivity contribution is 6.03. The maximum absolute atomic E-state index is 12.7. The predicted octanol–water partition coefficient (Wildman–Crippen LogP) is 2.40. The molecule has 0 bridgehead atoms. The Morgan fingerprint density at radius 1 is 1.17 bits per heavy atom. The van der Waals surface area contributed by atoms with Gasteiger partial charge in [-0.1, -0.05) is 12.1 Å². The number of rotatable bonds is 5. The molecule has 2 aromatic heterocycles. The molecule has 0 unspecified atom stereocenters. The highest BCUT2D eigenvalue weighted by Gasteiger charge is 2.21. The average Bonchev–Trinajstić information content (AvgIpc) is 3.24. The molecule has 152 valence electrons. The van der Waals surface area contributed by atoms with Crippen molar-refractivity contribution in [2.24, 2.45) is 7.05 Å². The van der Waals surface area contributed by atoms with Crippen molar-refractivity contribution in [1.82, 2.24) is 29.9 Å². The number of hydrogen-bond acceptors (Lipinski definition) is 5. The van der Waals surface area contributed by atoms with E-state index in [-0.39, 0.29) is 5.91 Å². The molecule has 1 aliphatic rings. The lowest BCUT2D eigenvalue weighted by molar-refractivity contribution is 0.102. The molecule has 1 aromatic carbocycles. The number of piperidine rings is 1. The van der Waals surface area contributed by atoms with Gasteiger partial charge < -0.3 is 5.32 Å². The van der Waals surface area contributed by atoms with Gasteiger partial charge in [0.25, 0.3) is 5.91 Å². The van der Waals surface area contributed by atoms with Crippen molar-refractivity contribution in [3.63, 3.8) is 0 Å². The fourth-order valence-corrected chi connectivity index (χ4v) is 3.71. The normalized spacial score (nSPS) is 14.9. The minimum absolute atomic E-state index is 0.185. The molecule has 1 amide bonds. The van der Waals surface area contributed by atoms with E-state index in [1.807, 2.05) is 49.8 Å². The van der Waals surface area contributed by atoms with Gasteiger partial charge >= 0.3 is 0 Å². The third-order valence-corrected chi connectivity index (χ3v) is 5.36. The van der Waals surface area contributed by atoms with Crippen LogP contribution in [0.5, 0.6) is 0 Å². The molecule has 8 nitrogen and oxygen atoms in total. The van der Waals surface area contributed by atoms with E-state index in [1.165, 1.54) is 0 Å². The van der Waals surface area contributed by atoms with E-state index in [2.05, 4.69) is 31.9 Å². The van der Waals surface area contributed by atoms with Crippen molar-refractivity contribution < 1.29 is 4.79 Å². The van der Waals surface area contributed by atoms with Crippen molar-refractivity contribution in [2.75, 3.05) is 18.4 Å². The van der Waals surface area contributed by atoms with Gasteiger partial charge in [0.15, 0.2) is 5.82 Å². The zero-order chi connectivity index (χ0) is 20.4. The maximum Gasteiger partial charge on any atom is 0.258 e. The van der Waals surface area contributed by atoms with E-state index in [1.54, 1.807) is 4.68 Å². The van der Waals surface area contributed by atoms with Crippen LogP contribution in [0.1, 0.15) is 51.9 Å². The second-order valence-electron chi connectivity index (χ2n) is 7.68. The largest absolute Gasteiger partial charge is 0.317 e. The van der Waals surface area contributed by atoms with Crippen LogP contribution in [0, 0.1) is 13.8 Å². The summed E-state index contributed by atoms with van der Waals surface area (Å²) in [7, 11) is 1.81. The first-order chi connectivity index (χ1) is 14.0. The molecule has 2 N–H and O–H groups in total. The molecule has 1 fully saturated rings. The molecule has 0 atom stereocenters. The second kappa shape index (κ2) is 8.16. The van der Waals surface area contributed by atoms with Crippen LogP contribution in [0.15, 0.2) is 30.3 Å². The van der Waals surface area contributed by atoms with Gasteiger partial charge in [0.2, 0.25) is 5.95 Å². The second-order valence-corrected chi connectivity index (χ2v) is 7.68. The first kappa shape index (κ1) is 19.3. The number of benzene rings is 1. The van der Waals surface area contributed by atoms with E-state index in [9.17, 15) is 4.79 Å². The predicted molar refractivity (Wildman–Crippen MR) is 111 cm³/mol. The molecule has 3 heterocycles. The Morgan fingerprint density at radius 2 is 1.90 bits per heavy atom. The number of hydrogen-bond donors (Lipinski definition) is 2. The SMILES string of the molecule is Cc1cc(C)n(Cc2ccc(C(=O)Nc3nc(C4CCNCC4)nn3C)cc2)n1. The van der Waals surface area contributed by atoms with Crippen molar-refractivity contribution in [1.29, 1.82) is 0 Å². The maximum atomic E-state index is 12.7. The molecular weight excluding hydrogens is 366 g/mol. The molecule has 3 aromatic rings. The van der Waals surface area contributed by atoms with E-state index in [0.717, 1.165) is 48.7 Å². The summed E-state index contributed by atoms with van der Waals surface area (Å²) in [6, 6.07) is 9.65. The van der Waals surface area contributed by atoms with Crippen LogP contribution in [-0.2, 0) is 13.6 Å². The Balaban J connectivity index is 1.42. The van der Waals surface area contributed by atoms with Crippen LogP contribution in [-0.4, -0.2) is 43.5 Å². The Bertz CT molecular complexity index is 997. The van der Waals surface area contributed by atoms with Crippen LogP contribution >= 0.6 is 0 Å². The van der Waals surface area contributed by atoms with Gasteiger partial charge in [-0.15, -0.1) is 0 Å². The molecule has 1 saturated heterocycles. The number of anilines is 1. The van der Waals surface area contributed by atoms with Gasteiger partial charge in [0.1, 0.15) is 0 Å². The zero-order valence-electron chi connectivity index (χ0n) is 17.1. The quantitative estimate of drug-likeness (QED) is 0.695. The summed E-state index contributed by atoms with van der Waals surface area (Å²) >= 11 is 0. The van der Waals surface area contributed by atoms with Crippen LogP contribution in [0.25, 0.3) is 0 Å². The fourth-order valence-electron chi connectivity index (χ4n) is 3.71. The van der Waals surface area contributed by atoms with Crippen molar-refractivity contribution in [3.8, 4) is 0 Å². The Kier molecular flexibility index (Phi) is 5.44. The van der Waals surface area contributed by atoms with Gasteiger partial charge in [0, 0.05) is 24.2 Å². The Labute approximate surface area is 170 Å². The van der Waals surface area contributed by atoms with E-state index in [4.69, 9.17) is 0 Å². The number of amides is 1. The molecule has 4 rings (SSSR count). The number of aromatic nitrogens is 5. The van der Waals surface area contributed by atoms with E-state index >= 15 is 0 Å². The molecule has 1 aliphatic heterocycles. The first-order valence-corrected chi connectivity index (χ1v) is 10.0. The average molecular weight is 393 g/mol. The van der Waals surface area contributed by atoms with E-state index in [0.29, 0.717) is 24.0 Å². The lowest BCUT2D eigenvalue weighted by Gasteiger charge is -2.19. The lowest BCUT2D eigenvalue weighted by Crippen LogP contribution is -2.27. The summed E-state index contributed by atoms with van der Waals surface area (Å²) in [6.45, 7) is 6.68. The number of aryl methyl sites for hydroxylation is 3. The summed E-state index contributed by atoms with van der Waals surface area (Å²) in [4.78, 5) is 17.2.